The smallest absolute Gasteiger partial charge is 0.328 e. The van der Waals surface area contributed by atoms with Gasteiger partial charge in [-0.1, -0.05) is 13.0 Å². The third-order valence-electron chi connectivity index (χ3n) is 2.16. The molecule has 0 aliphatic carbocycles. The number of carboxylic acid groups (broad SMARTS) is 1. The van der Waals surface area contributed by atoms with Crippen molar-refractivity contribution in [1.29, 1.82) is 0 Å². The van der Waals surface area contributed by atoms with Gasteiger partial charge < -0.3 is 10.4 Å². The molecule has 0 bridgehead atoms. The van der Waals surface area contributed by atoms with Crippen LogP contribution in [0, 0.1) is 5.82 Å². The van der Waals surface area contributed by atoms with E-state index < -0.39 is 11.8 Å². The summed E-state index contributed by atoms with van der Waals surface area (Å²) < 4.78 is 13.6. The maximum Gasteiger partial charge on any atom is 0.328 e. The van der Waals surface area contributed by atoms with Gasteiger partial charge in [0, 0.05) is 12.5 Å². The first-order valence-electron chi connectivity index (χ1n) is 5.53. The summed E-state index contributed by atoms with van der Waals surface area (Å²) in [6.07, 6.45) is 3.22. The Balaban J connectivity index is 2.79. The summed E-state index contributed by atoms with van der Waals surface area (Å²) in [6, 6.07) is 4.11. The molecule has 0 saturated heterocycles. The molecule has 0 aliphatic rings. The number of carbonyl (C=O) groups is 2. The number of carbonyl (C=O) groups excluding carboxylic acids is 1. The van der Waals surface area contributed by atoms with Crippen molar-refractivity contribution in [2.24, 2.45) is 0 Å². The zero-order valence-corrected chi connectivity index (χ0v) is 9.94. The minimum atomic E-state index is -1.10. The topological polar surface area (TPSA) is 66.4 Å². The lowest BCUT2D eigenvalue weighted by Crippen LogP contribution is -2.11. The average molecular weight is 251 g/mol. The van der Waals surface area contributed by atoms with E-state index in [-0.39, 0.29) is 11.6 Å². The highest BCUT2D eigenvalue weighted by Crippen LogP contribution is 2.17. The number of amides is 1. The number of benzene rings is 1. The Morgan fingerprint density at radius 3 is 2.72 bits per heavy atom. The Morgan fingerprint density at radius 2 is 2.17 bits per heavy atom. The van der Waals surface area contributed by atoms with Gasteiger partial charge in [0.15, 0.2) is 0 Å². The molecule has 1 aromatic rings. The summed E-state index contributed by atoms with van der Waals surface area (Å²) in [5, 5.41) is 10.9. The third kappa shape index (κ3) is 4.37. The highest BCUT2D eigenvalue weighted by atomic mass is 19.1. The molecule has 18 heavy (non-hydrogen) atoms. The minimum absolute atomic E-state index is 0.0981. The zero-order chi connectivity index (χ0) is 13.5. The number of hydrogen-bond donors (Lipinski definition) is 2. The van der Waals surface area contributed by atoms with Gasteiger partial charge >= 0.3 is 5.97 Å². The van der Waals surface area contributed by atoms with Crippen LogP contribution in [0.5, 0.6) is 0 Å². The van der Waals surface area contributed by atoms with Crippen molar-refractivity contribution in [1.82, 2.24) is 0 Å². The van der Waals surface area contributed by atoms with Crippen molar-refractivity contribution in [2.45, 2.75) is 19.8 Å². The SMILES string of the molecule is CCCC(=O)Nc1ccc(C=CC(=O)O)cc1F. The van der Waals surface area contributed by atoms with Gasteiger partial charge in [0.2, 0.25) is 5.91 Å². The van der Waals surface area contributed by atoms with E-state index in [2.05, 4.69) is 5.32 Å². The van der Waals surface area contributed by atoms with Crippen LogP contribution in [0.3, 0.4) is 0 Å². The highest BCUT2D eigenvalue weighted by Gasteiger charge is 2.06. The van der Waals surface area contributed by atoms with E-state index in [9.17, 15) is 14.0 Å². The maximum atomic E-state index is 13.6. The van der Waals surface area contributed by atoms with Crippen molar-refractivity contribution >= 4 is 23.6 Å². The predicted molar refractivity (Wildman–Crippen MR) is 66.6 cm³/mol. The van der Waals surface area contributed by atoms with Crippen molar-refractivity contribution in [3.05, 3.63) is 35.7 Å². The predicted octanol–water partition coefficient (Wildman–Crippen LogP) is 2.66. The molecule has 0 radical (unpaired) electrons. The van der Waals surface area contributed by atoms with Gasteiger partial charge in [0.1, 0.15) is 5.82 Å². The first-order valence-corrected chi connectivity index (χ1v) is 5.53. The van der Waals surface area contributed by atoms with Crippen molar-refractivity contribution in [3.8, 4) is 0 Å². The van der Waals surface area contributed by atoms with E-state index in [4.69, 9.17) is 5.11 Å². The number of carboxylic acids is 1. The lowest BCUT2D eigenvalue weighted by Gasteiger charge is -2.06. The second-order valence-corrected chi connectivity index (χ2v) is 3.71. The average Bonchev–Trinajstić information content (AvgIpc) is 2.30. The molecule has 0 saturated carbocycles. The van der Waals surface area contributed by atoms with E-state index in [1.165, 1.54) is 24.3 Å². The van der Waals surface area contributed by atoms with Gasteiger partial charge in [0.25, 0.3) is 0 Å². The standard InChI is InChI=1S/C13H14FNO3/c1-2-3-12(16)15-11-6-4-9(8-10(11)14)5-7-13(17)18/h4-8H,2-3H2,1H3,(H,15,16)(H,17,18). The quantitative estimate of drug-likeness (QED) is 0.790. The second kappa shape index (κ2) is 6.54. The molecule has 0 aliphatic heterocycles. The van der Waals surface area contributed by atoms with Gasteiger partial charge in [-0.05, 0) is 30.2 Å². The van der Waals surface area contributed by atoms with Gasteiger partial charge in [-0.2, -0.15) is 0 Å². The molecule has 1 amide bonds. The second-order valence-electron chi connectivity index (χ2n) is 3.71. The largest absolute Gasteiger partial charge is 0.478 e. The van der Waals surface area contributed by atoms with Gasteiger partial charge in [-0.3, -0.25) is 4.79 Å². The van der Waals surface area contributed by atoms with E-state index in [0.717, 1.165) is 6.08 Å². The van der Waals surface area contributed by atoms with Crippen LogP contribution in [0.15, 0.2) is 24.3 Å². The molecule has 0 aromatic heterocycles. The highest BCUT2D eigenvalue weighted by molar-refractivity contribution is 5.91. The normalized spacial score (nSPS) is 10.6. The Bertz CT molecular complexity index is 483. The molecule has 0 spiro atoms. The molecular formula is C13H14FNO3. The Labute approximate surface area is 104 Å². The van der Waals surface area contributed by atoms with Crippen LogP contribution in [0.1, 0.15) is 25.3 Å². The van der Waals surface area contributed by atoms with Crippen LogP contribution in [-0.2, 0) is 9.59 Å². The molecule has 0 unspecified atom stereocenters. The van der Waals surface area contributed by atoms with Gasteiger partial charge in [0.05, 0.1) is 5.69 Å². The molecule has 0 heterocycles. The lowest BCUT2D eigenvalue weighted by molar-refractivity contribution is -0.131. The monoisotopic (exact) mass is 251 g/mol. The first-order chi connectivity index (χ1) is 8.52. The number of aliphatic carboxylic acids is 1. The molecular weight excluding hydrogens is 237 g/mol. The van der Waals surface area contributed by atoms with E-state index >= 15 is 0 Å². The van der Waals surface area contributed by atoms with Crippen LogP contribution >= 0.6 is 0 Å². The molecule has 4 nitrogen and oxygen atoms in total. The van der Waals surface area contributed by atoms with E-state index in [1.54, 1.807) is 0 Å². The molecule has 1 aromatic carbocycles. The Kier molecular flexibility index (Phi) is 5.05. The fourth-order valence-electron chi connectivity index (χ4n) is 1.34. The number of anilines is 1. The molecule has 0 fully saturated rings. The molecule has 1 rings (SSSR count). The van der Waals surface area contributed by atoms with E-state index in [0.29, 0.717) is 18.4 Å². The van der Waals surface area contributed by atoms with Crippen LogP contribution in [0.4, 0.5) is 10.1 Å². The number of rotatable bonds is 5. The number of nitrogens with one attached hydrogen (secondary N) is 1. The first kappa shape index (κ1) is 13.9. The summed E-state index contributed by atoms with van der Waals surface area (Å²) in [5.74, 6) is -1.94. The Hall–Kier alpha value is -2.17. The summed E-state index contributed by atoms with van der Waals surface area (Å²) >= 11 is 0. The Morgan fingerprint density at radius 1 is 1.44 bits per heavy atom. The number of halogens is 1. The molecule has 2 N–H and O–H groups in total. The van der Waals surface area contributed by atoms with Crippen molar-refractivity contribution in [3.63, 3.8) is 0 Å². The van der Waals surface area contributed by atoms with Gasteiger partial charge in [-0.25, -0.2) is 9.18 Å². The summed E-state index contributed by atoms with van der Waals surface area (Å²) in [4.78, 5) is 21.6. The molecule has 0 atom stereocenters. The van der Waals surface area contributed by atoms with Crippen LogP contribution in [0.25, 0.3) is 6.08 Å². The van der Waals surface area contributed by atoms with Crippen molar-refractivity contribution in [2.75, 3.05) is 5.32 Å². The lowest BCUT2D eigenvalue weighted by atomic mass is 10.1. The van der Waals surface area contributed by atoms with Crippen LogP contribution in [-0.4, -0.2) is 17.0 Å². The summed E-state index contributed by atoms with van der Waals surface area (Å²) in [6.45, 7) is 1.86. The molecule has 5 heteroatoms. The summed E-state index contributed by atoms with van der Waals surface area (Å²) in [7, 11) is 0. The van der Waals surface area contributed by atoms with Crippen LogP contribution in [0.2, 0.25) is 0 Å². The minimum Gasteiger partial charge on any atom is -0.478 e. The zero-order valence-electron chi connectivity index (χ0n) is 9.94. The number of hydrogen-bond acceptors (Lipinski definition) is 2. The fraction of sp³-hybridized carbons (Fsp3) is 0.231. The fourth-order valence-corrected chi connectivity index (χ4v) is 1.34. The van der Waals surface area contributed by atoms with Crippen LogP contribution < -0.4 is 5.32 Å². The maximum absolute atomic E-state index is 13.6. The van der Waals surface area contributed by atoms with Crippen molar-refractivity contribution < 1.29 is 19.1 Å². The van der Waals surface area contributed by atoms with Gasteiger partial charge in [-0.15, -0.1) is 0 Å². The third-order valence-corrected chi connectivity index (χ3v) is 2.16. The molecule has 96 valence electrons. The van der Waals surface area contributed by atoms with E-state index in [1.807, 2.05) is 6.92 Å². The summed E-state index contributed by atoms with van der Waals surface area (Å²) in [5.41, 5.74) is 0.518.